The van der Waals surface area contributed by atoms with Crippen LogP contribution in [0.15, 0.2) is 95.6 Å². The summed E-state index contributed by atoms with van der Waals surface area (Å²) in [5, 5.41) is 4.69. The first-order chi connectivity index (χ1) is 18.9. The summed E-state index contributed by atoms with van der Waals surface area (Å²) in [4.78, 5) is 35.0. The Kier molecular flexibility index (Phi) is 7.89. The van der Waals surface area contributed by atoms with E-state index in [2.05, 4.69) is 19.2 Å². The number of rotatable bonds is 9. The summed E-state index contributed by atoms with van der Waals surface area (Å²) in [7, 11) is 0. The number of amides is 2. The lowest BCUT2D eigenvalue weighted by molar-refractivity contribution is 0.0588. The second-order valence-electron chi connectivity index (χ2n) is 9.85. The molecule has 1 atom stereocenters. The van der Waals surface area contributed by atoms with Crippen LogP contribution in [0.5, 0.6) is 0 Å². The minimum atomic E-state index is -0.268. The van der Waals surface area contributed by atoms with Crippen molar-refractivity contribution < 1.29 is 14.0 Å². The van der Waals surface area contributed by atoms with Gasteiger partial charge in [0, 0.05) is 18.5 Å². The van der Waals surface area contributed by atoms with E-state index in [0.717, 1.165) is 26.4 Å². The molecule has 0 fully saturated rings. The predicted molar refractivity (Wildman–Crippen MR) is 156 cm³/mol. The largest absolute Gasteiger partial charge is 0.464 e. The van der Waals surface area contributed by atoms with E-state index in [1.807, 2.05) is 84.6 Å². The van der Waals surface area contributed by atoms with Crippen molar-refractivity contribution in [3.8, 4) is 10.4 Å². The number of benzene rings is 3. The molecular weight excluding hydrogens is 506 g/mol. The molecule has 2 heterocycles. The number of aromatic nitrogens is 1. The van der Waals surface area contributed by atoms with E-state index >= 15 is 0 Å². The van der Waals surface area contributed by atoms with E-state index < -0.39 is 0 Å². The molecule has 1 N–H and O–H groups in total. The summed E-state index contributed by atoms with van der Waals surface area (Å²) in [5.74, 6) is -0.274. The van der Waals surface area contributed by atoms with Gasteiger partial charge in [0.2, 0.25) is 0 Å². The highest BCUT2D eigenvalue weighted by atomic mass is 32.1. The van der Waals surface area contributed by atoms with Crippen molar-refractivity contribution in [2.75, 3.05) is 6.54 Å². The fraction of sp³-hybridized carbons (Fsp3) is 0.219. The molecule has 0 aliphatic rings. The monoisotopic (exact) mass is 537 g/mol. The normalized spacial score (nSPS) is 12.0. The Hall–Kier alpha value is -4.23. The number of carbonyl (C=O) groups is 2. The smallest absolute Gasteiger partial charge is 0.274 e. The van der Waals surface area contributed by atoms with Gasteiger partial charge in [-0.1, -0.05) is 80.6 Å². The molecule has 0 aliphatic carbocycles. The number of fused-ring (bicyclic) bond motifs is 1. The maximum Gasteiger partial charge on any atom is 0.274 e. The van der Waals surface area contributed by atoms with Crippen molar-refractivity contribution in [1.82, 2.24) is 15.2 Å². The predicted octanol–water partition coefficient (Wildman–Crippen LogP) is 6.96. The van der Waals surface area contributed by atoms with Gasteiger partial charge in [0.1, 0.15) is 11.3 Å². The van der Waals surface area contributed by atoms with Crippen molar-refractivity contribution in [1.29, 1.82) is 0 Å². The van der Waals surface area contributed by atoms with Gasteiger partial charge in [-0.3, -0.25) is 9.59 Å². The summed E-state index contributed by atoms with van der Waals surface area (Å²) in [5.41, 5.74) is 3.63. The maximum absolute atomic E-state index is 14.3. The Morgan fingerprint density at radius 3 is 2.38 bits per heavy atom. The fourth-order valence-corrected chi connectivity index (χ4v) is 5.72. The van der Waals surface area contributed by atoms with Crippen molar-refractivity contribution in [3.63, 3.8) is 0 Å². The molecule has 2 aromatic heterocycles. The lowest BCUT2D eigenvalue weighted by Gasteiger charge is -2.35. The molecular formula is C32H31N3O3S. The third-order valence-electron chi connectivity index (χ3n) is 6.81. The number of thiazole rings is 1. The molecule has 6 nitrogen and oxygen atoms in total. The van der Waals surface area contributed by atoms with Crippen LogP contribution in [-0.4, -0.2) is 34.3 Å². The van der Waals surface area contributed by atoms with Crippen LogP contribution in [0.3, 0.4) is 0 Å². The number of nitrogens with zero attached hydrogens (tertiary/aromatic N) is 2. The van der Waals surface area contributed by atoms with Crippen molar-refractivity contribution in [2.24, 2.45) is 5.92 Å². The molecule has 5 rings (SSSR count). The number of hydrogen-bond acceptors (Lipinski definition) is 5. The number of furan rings is 1. The standard InChI is InChI=1S/C32H31N3O3S/c1-21(2)27(19-33-31(36)26-15-10-16-28-25(26)17-18-38-28)35(20-23-11-6-4-7-12-23)32(37)29-30(39-22(3)34-29)24-13-8-5-9-14-24/h4-18,21,27H,19-20H2,1-3H3,(H,33,36). The van der Waals surface area contributed by atoms with E-state index in [-0.39, 0.29) is 23.8 Å². The molecule has 0 radical (unpaired) electrons. The van der Waals surface area contributed by atoms with Crippen LogP contribution in [0.25, 0.3) is 21.4 Å². The molecule has 7 heteroatoms. The first-order valence-electron chi connectivity index (χ1n) is 13.0. The van der Waals surface area contributed by atoms with Crippen molar-refractivity contribution in [3.05, 3.63) is 113 Å². The quantitative estimate of drug-likeness (QED) is 0.221. The van der Waals surface area contributed by atoms with Gasteiger partial charge in [-0.15, -0.1) is 11.3 Å². The Morgan fingerprint density at radius 2 is 1.67 bits per heavy atom. The molecule has 0 spiro atoms. The molecule has 3 aromatic carbocycles. The van der Waals surface area contributed by atoms with Crippen molar-refractivity contribution >= 4 is 34.1 Å². The Balaban J connectivity index is 1.47. The molecule has 2 amide bonds. The molecule has 0 saturated carbocycles. The molecule has 198 valence electrons. The second-order valence-corrected chi connectivity index (χ2v) is 11.1. The highest BCUT2D eigenvalue weighted by Crippen LogP contribution is 2.32. The zero-order valence-corrected chi connectivity index (χ0v) is 23.1. The van der Waals surface area contributed by atoms with Crippen LogP contribution in [-0.2, 0) is 6.54 Å². The molecule has 0 aliphatic heterocycles. The number of hydrogen-bond donors (Lipinski definition) is 1. The van der Waals surface area contributed by atoms with Crippen LogP contribution in [0.4, 0.5) is 0 Å². The second kappa shape index (κ2) is 11.7. The summed E-state index contributed by atoms with van der Waals surface area (Å²) in [6.45, 7) is 6.77. The number of aryl methyl sites for hydroxylation is 1. The van der Waals surface area contributed by atoms with Crippen LogP contribution in [0.1, 0.15) is 45.3 Å². The SMILES string of the molecule is Cc1nc(C(=O)N(Cc2ccccc2)C(CNC(=O)c2cccc3occc23)C(C)C)c(-c2ccccc2)s1. The molecule has 5 aromatic rings. The van der Waals surface area contributed by atoms with Gasteiger partial charge < -0.3 is 14.6 Å². The average molecular weight is 538 g/mol. The Labute approximate surface area is 232 Å². The lowest BCUT2D eigenvalue weighted by atomic mass is 10.00. The van der Waals surface area contributed by atoms with Crippen molar-refractivity contribution in [2.45, 2.75) is 33.4 Å². The topological polar surface area (TPSA) is 75.4 Å². The van der Waals surface area contributed by atoms with Gasteiger partial charge in [-0.25, -0.2) is 4.98 Å². The van der Waals surface area contributed by atoms with Crippen LogP contribution >= 0.6 is 11.3 Å². The van der Waals surface area contributed by atoms with E-state index in [9.17, 15) is 9.59 Å². The summed E-state index contributed by atoms with van der Waals surface area (Å²) in [6.07, 6.45) is 1.58. The first kappa shape index (κ1) is 26.4. The number of nitrogens with one attached hydrogen (secondary N) is 1. The van der Waals surface area contributed by atoms with E-state index in [1.54, 1.807) is 18.4 Å². The number of carbonyl (C=O) groups excluding carboxylic acids is 2. The summed E-state index contributed by atoms with van der Waals surface area (Å²) >= 11 is 1.52. The average Bonchev–Trinajstić information content (AvgIpc) is 3.59. The zero-order valence-electron chi connectivity index (χ0n) is 22.3. The molecule has 39 heavy (non-hydrogen) atoms. The fourth-order valence-electron chi connectivity index (χ4n) is 4.80. The van der Waals surface area contributed by atoms with Gasteiger partial charge in [0.25, 0.3) is 11.8 Å². The molecule has 0 saturated heterocycles. The van der Waals surface area contributed by atoms with E-state index in [0.29, 0.717) is 29.9 Å². The van der Waals surface area contributed by atoms with E-state index in [4.69, 9.17) is 9.40 Å². The lowest BCUT2D eigenvalue weighted by Crippen LogP contribution is -2.49. The minimum Gasteiger partial charge on any atom is -0.464 e. The van der Waals surface area contributed by atoms with E-state index in [1.165, 1.54) is 11.3 Å². The third-order valence-corrected chi connectivity index (χ3v) is 7.83. The third kappa shape index (κ3) is 5.78. The summed E-state index contributed by atoms with van der Waals surface area (Å²) in [6, 6.07) is 26.8. The van der Waals surface area contributed by atoms with Gasteiger partial charge >= 0.3 is 0 Å². The van der Waals surface area contributed by atoms with Crippen LogP contribution in [0.2, 0.25) is 0 Å². The Morgan fingerprint density at radius 1 is 0.949 bits per heavy atom. The Bertz CT molecular complexity index is 1570. The van der Waals surface area contributed by atoms with Gasteiger partial charge in [-0.2, -0.15) is 0 Å². The molecule has 1 unspecified atom stereocenters. The highest BCUT2D eigenvalue weighted by Gasteiger charge is 2.31. The molecule has 0 bridgehead atoms. The van der Waals surface area contributed by atoms with Crippen LogP contribution < -0.4 is 5.32 Å². The van der Waals surface area contributed by atoms with Gasteiger partial charge in [-0.05, 0) is 42.2 Å². The zero-order chi connectivity index (χ0) is 27.4. The maximum atomic E-state index is 14.3. The van der Waals surface area contributed by atoms with Gasteiger partial charge in [0.15, 0.2) is 0 Å². The van der Waals surface area contributed by atoms with Gasteiger partial charge in [0.05, 0.1) is 27.8 Å². The minimum absolute atomic E-state index is 0.0718. The van der Waals surface area contributed by atoms with Crippen LogP contribution in [0, 0.1) is 12.8 Å². The highest BCUT2D eigenvalue weighted by molar-refractivity contribution is 7.15. The first-order valence-corrected chi connectivity index (χ1v) is 13.9. The summed E-state index contributed by atoms with van der Waals surface area (Å²) < 4.78 is 5.47.